The Morgan fingerprint density at radius 2 is 1.25 bits per heavy atom. The molecule has 0 aromatic heterocycles. The predicted molar refractivity (Wildman–Crippen MR) is 80.0 cm³/mol. The summed E-state index contributed by atoms with van der Waals surface area (Å²) in [6.45, 7) is 14.8. The number of carbonyl (C=O) groups is 1. The third-order valence-electron chi connectivity index (χ3n) is 2.73. The monoisotopic (exact) mass is 336 g/mol. The van der Waals surface area contributed by atoms with E-state index in [1.54, 1.807) is 0 Å². The van der Waals surface area contributed by atoms with Crippen molar-refractivity contribution in [2.75, 3.05) is 0 Å². The van der Waals surface area contributed by atoms with E-state index >= 15 is 0 Å². The topological polar surface area (TPSA) is 17.1 Å². The fraction of sp³-hybridized carbons (Fsp3) is 0.786. The minimum atomic E-state index is 0.0984. The lowest BCUT2D eigenvalue weighted by Gasteiger charge is -2.23. The third-order valence-corrected chi connectivity index (χ3v) is 3.40. The number of alkyl halides is 1. The van der Waals surface area contributed by atoms with Gasteiger partial charge in [0.15, 0.2) is 5.78 Å². The van der Waals surface area contributed by atoms with Gasteiger partial charge in [0.1, 0.15) is 0 Å². The van der Waals surface area contributed by atoms with Crippen molar-refractivity contribution in [3.05, 3.63) is 11.1 Å². The fourth-order valence-corrected chi connectivity index (χ4v) is 3.11. The summed E-state index contributed by atoms with van der Waals surface area (Å²) in [5.74, 6) is 1.19. The minimum Gasteiger partial charge on any atom is -0.294 e. The van der Waals surface area contributed by atoms with E-state index in [4.69, 9.17) is 0 Å². The average molecular weight is 336 g/mol. The fourth-order valence-electron chi connectivity index (χ4n) is 2.06. The molecular formula is C14H25IO. The molecule has 1 atom stereocenters. The van der Waals surface area contributed by atoms with Crippen LogP contribution in [0.5, 0.6) is 0 Å². The van der Waals surface area contributed by atoms with Crippen LogP contribution < -0.4 is 0 Å². The summed E-state index contributed by atoms with van der Waals surface area (Å²) in [7, 11) is 0. The van der Waals surface area contributed by atoms with E-state index < -0.39 is 0 Å². The first-order valence-corrected chi connectivity index (χ1v) is 7.36. The molecule has 0 bridgehead atoms. The number of rotatable bonds is 5. The Hall–Kier alpha value is 0.140. The van der Waals surface area contributed by atoms with E-state index in [-0.39, 0.29) is 5.92 Å². The number of allylic oxidation sites excluding steroid dienone is 2. The molecule has 0 spiro atoms. The summed E-state index contributed by atoms with van der Waals surface area (Å²) in [5.41, 5.74) is 2.39. The second-order valence-corrected chi connectivity index (χ2v) is 7.18. The van der Waals surface area contributed by atoms with Crippen LogP contribution in [0.1, 0.15) is 48.5 Å². The standard InChI is InChI=1S/C14H25IO/c1-8(2)12(11(7)15)13(9(3)4)14(16)10(5)6/h8-11H,1-7H3/b13-12+. The minimum absolute atomic E-state index is 0.0984. The lowest BCUT2D eigenvalue weighted by atomic mass is 9.83. The molecule has 0 aromatic rings. The number of carbonyl (C=O) groups excluding carboxylic acids is 1. The highest BCUT2D eigenvalue weighted by molar-refractivity contribution is 14.1. The van der Waals surface area contributed by atoms with E-state index in [9.17, 15) is 4.79 Å². The van der Waals surface area contributed by atoms with Gasteiger partial charge in [-0.1, -0.05) is 64.1 Å². The maximum absolute atomic E-state index is 12.3. The molecule has 0 aliphatic heterocycles. The van der Waals surface area contributed by atoms with Crippen LogP contribution in [-0.2, 0) is 4.79 Å². The molecule has 0 saturated carbocycles. The Morgan fingerprint density at radius 3 is 1.44 bits per heavy atom. The molecule has 0 N–H and O–H groups in total. The van der Waals surface area contributed by atoms with Crippen molar-refractivity contribution in [2.45, 2.75) is 52.4 Å². The maximum Gasteiger partial charge on any atom is 0.161 e. The van der Waals surface area contributed by atoms with Crippen molar-refractivity contribution in [2.24, 2.45) is 17.8 Å². The average Bonchev–Trinajstić information content (AvgIpc) is 2.10. The zero-order valence-corrected chi connectivity index (χ0v) is 13.8. The first-order chi connectivity index (χ1) is 7.20. The first-order valence-electron chi connectivity index (χ1n) is 6.12. The highest BCUT2D eigenvalue weighted by Crippen LogP contribution is 2.30. The summed E-state index contributed by atoms with van der Waals surface area (Å²) in [6, 6.07) is 0. The van der Waals surface area contributed by atoms with Gasteiger partial charge in [-0.2, -0.15) is 0 Å². The molecule has 0 fully saturated rings. The normalized spacial score (nSPS) is 15.7. The van der Waals surface area contributed by atoms with Gasteiger partial charge >= 0.3 is 0 Å². The number of ketones is 1. The van der Waals surface area contributed by atoms with Gasteiger partial charge in [0, 0.05) is 9.84 Å². The van der Waals surface area contributed by atoms with Crippen LogP contribution >= 0.6 is 22.6 Å². The molecule has 1 unspecified atom stereocenters. The van der Waals surface area contributed by atoms with Crippen molar-refractivity contribution in [3.63, 3.8) is 0 Å². The molecule has 1 nitrogen and oxygen atoms in total. The maximum atomic E-state index is 12.3. The highest BCUT2D eigenvalue weighted by atomic mass is 127. The predicted octanol–water partition coefficient (Wildman–Crippen LogP) is 4.64. The van der Waals surface area contributed by atoms with E-state index in [1.165, 1.54) is 5.57 Å². The number of hydrogen-bond acceptors (Lipinski definition) is 1. The van der Waals surface area contributed by atoms with Crippen LogP contribution in [0.3, 0.4) is 0 Å². The molecule has 2 heteroatoms. The lowest BCUT2D eigenvalue weighted by Crippen LogP contribution is -2.21. The summed E-state index contributed by atoms with van der Waals surface area (Å²) in [6.07, 6.45) is 0. The highest BCUT2D eigenvalue weighted by Gasteiger charge is 2.24. The molecule has 0 rings (SSSR count). The van der Waals surface area contributed by atoms with Crippen molar-refractivity contribution in [1.82, 2.24) is 0 Å². The molecule has 16 heavy (non-hydrogen) atoms. The zero-order valence-electron chi connectivity index (χ0n) is 11.6. The Bertz CT molecular complexity index is 262. The summed E-state index contributed by atoms with van der Waals surface area (Å²) >= 11 is 2.41. The van der Waals surface area contributed by atoms with Gasteiger partial charge in [0.2, 0.25) is 0 Å². The van der Waals surface area contributed by atoms with Crippen LogP contribution in [0.15, 0.2) is 11.1 Å². The van der Waals surface area contributed by atoms with Crippen molar-refractivity contribution in [3.8, 4) is 0 Å². The molecular weight excluding hydrogens is 311 g/mol. The molecule has 0 aliphatic carbocycles. The number of hydrogen-bond donors (Lipinski definition) is 0. The van der Waals surface area contributed by atoms with Gasteiger partial charge in [0.05, 0.1) is 0 Å². The van der Waals surface area contributed by atoms with Gasteiger partial charge in [-0.3, -0.25) is 4.79 Å². The SMILES string of the molecule is CC(C)C(=O)/C(=C(\C(C)C)C(C)I)C(C)C. The van der Waals surface area contributed by atoms with Crippen LogP contribution in [-0.4, -0.2) is 9.71 Å². The van der Waals surface area contributed by atoms with Gasteiger partial charge < -0.3 is 0 Å². The third kappa shape index (κ3) is 4.19. The van der Waals surface area contributed by atoms with Crippen LogP contribution in [0, 0.1) is 17.8 Å². The van der Waals surface area contributed by atoms with E-state index in [2.05, 4.69) is 57.2 Å². The quantitative estimate of drug-likeness (QED) is 0.406. The number of Topliss-reactive ketones (excluding diaryl/α,β-unsaturated/α-hetero) is 1. The summed E-state index contributed by atoms with van der Waals surface area (Å²) in [4.78, 5) is 12.3. The van der Waals surface area contributed by atoms with Gasteiger partial charge in [0.25, 0.3) is 0 Å². The van der Waals surface area contributed by atoms with Crippen LogP contribution in [0.4, 0.5) is 0 Å². The molecule has 0 aliphatic rings. The molecule has 0 heterocycles. The van der Waals surface area contributed by atoms with Crippen LogP contribution in [0.2, 0.25) is 0 Å². The summed E-state index contributed by atoms with van der Waals surface area (Å²) < 4.78 is 0.428. The smallest absolute Gasteiger partial charge is 0.161 e. The molecule has 0 aromatic carbocycles. The molecule has 0 amide bonds. The Kier molecular flexibility index (Phi) is 6.83. The van der Waals surface area contributed by atoms with Crippen molar-refractivity contribution < 1.29 is 4.79 Å². The van der Waals surface area contributed by atoms with Crippen molar-refractivity contribution in [1.29, 1.82) is 0 Å². The summed E-state index contributed by atoms with van der Waals surface area (Å²) in [5, 5.41) is 0. The van der Waals surface area contributed by atoms with E-state index in [0.717, 1.165) is 5.57 Å². The van der Waals surface area contributed by atoms with Gasteiger partial charge in [-0.05, 0) is 29.9 Å². The lowest BCUT2D eigenvalue weighted by molar-refractivity contribution is -0.118. The second kappa shape index (κ2) is 6.77. The second-order valence-electron chi connectivity index (χ2n) is 5.31. The molecule has 0 radical (unpaired) electrons. The Labute approximate surface area is 114 Å². The van der Waals surface area contributed by atoms with Gasteiger partial charge in [-0.15, -0.1) is 0 Å². The first kappa shape index (κ1) is 16.1. The Balaban J connectivity index is 5.59. The van der Waals surface area contributed by atoms with Gasteiger partial charge in [-0.25, -0.2) is 0 Å². The van der Waals surface area contributed by atoms with E-state index in [1.807, 2.05) is 13.8 Å². The molecule has 94 valence electrons. The van der Waals surface area contributed by atoms with E-state index in [0.29, 0.717) is 21.5 Å². The Morgan fingerprint density at radius 1 is 0.812 bits per heavy atom. The van der Waals surface area contributed by atoms with Crippen molar-refractivity contribution >= 4 is 28.4 Å². The largest absolute Gasteiger partial charge is 0.294 e. The van der Waals surface area contributed by atoms with Crippen LogP contribution in [0.25, 0.3) is 0 Å². The molecule has 0 saturated heterocycles. The zero-order chi connectivity index (χ0) is 13.0. The number of halogens is 1.